The van der Waals surface area contributed by atoms with E-state index in [-0.39, 0.29) is 18.4 Å². The van der Waals surface area contributed by atoms with Crippen LogP contribution in [0.1, 0.15) is 31.4 Å². The van der Waals surface area contributed by atoms with Gasteiger partial charge in [-0.1, -0.05) is 18.5 Å². The van der Waals surface area contributed by atoms with Crippen LogP contribution in [0.2, 0.25) is 5.02 Å². The van der Waals surface area contributed by atoms with Gasteiger partial charge in [0.1, 0.15) is 5.75 Å². The zero-order valence-electron chi connectivity index (χ0n) is 10.6. The summed E-state index contributed by atoms with van der Waals surface area (Å²) in [7, 11) is 0. The van der Waals surface area contributed by atoms with E-state index in [4.69, 9.17) is 22.1 Å². The van der Waals surface area contributed by atoms with Gasteiger partial charge in [0.25, 0.3) is 0 Å². The van der Waals surface area contributed by atoms with E-state index in [0.29, 0.717) is 0 Å². The van der Waals surface area contributed by atoms with Crippen molar-refractivity contribution in [1.29, 1.82) is 0 Å². The first kappa shape index (κ1) is 16.6. The van der Waals surface area contributed by atoms with E-state index < -0.39 is 0 Å². The predicted octanol–water partition coefficient (Wildman–Crippen LogP) is 3.75. The van der Waals surface area contributed by atoms with Crippen molar-refractivity contribution in [3.63, 3.8) is 0 Å². The van der Waals surface area contributed by atoms with Gasteiger partial charge >= 0.3 is 0 Å². The monoisotopic (exact) mass is 277 g/mol. The van der Waals surface area contributed by atoms with Crippen molar-refractivity contribution in [1.82, 2.24) is 0 Å². The summed E-state index contributed by atoms with van der Waals surface area (Å²) < 4.78 is 5.71. The average molecular weight is 278 g/mol. The molecule has 0 aromatic heterocycles. The zero-order valence-corrected chi connectivity index (χ0v) is 12.2. The lowest BCUT2D eigenvalue weighted by atomic mass is 10.0. The second kappa shape index (κ2) is 7.80. The van der Waals surface area contributed by atoms with E-state index >= 15 is 0 Å². The largest absolute Gasteiger partial charge is 0.493 e. The molecule has 1 rings (SSSR count). The summed E-state index contributed by atoms with van der Waals surface area (Å²) in [5, 5.41) is 0.777. The van der Waals surface area contributed by atoms with E-state index in [0.717, 1.165) is 41.3 Å². The van der Waals surface area contributed by atoms with Gasteiger partial charge < -0.3 is 10.5 Å². The van der Waals surface area contributed by atoms with Gasteiger partial charge in [-0.2, -0.15) is 0 Å². The highest BCUT2D eigenvalue weighted by atomic mass is 35.5. The Hall–Kier alpha value is -0.440. The molecular weight excluding hydrogens is 257 g/mol. The molecule has 0 aliphatic heterocycles. The molecular formula is C13H21Cl2NO. The standard InChI is InChI=1S/C13H20ClNO.ClH/c1-4-5-16-13-6-9(2)12(14)8-11(13)7-10(3)15;/h6,8,10H,4-5,7,15H2,1-3H3;1H. The normalized spacial score (nSPS) is 11.8. The molecule has 1 atom stereocenters. The van der Waals surface area contributed by atoms with Crippen molar-refractivity contribution in [2.45, 2.75) is 39.7 Å². The van der Waals surface area contributed by atoms with Crippen molar-refractivity contribution in [3.05, 3.63) is 28.3 Å². The maximum absolute atomic E-state index is 6.11. The minimum Gasteiger partial charge on any atom is -0.493 e. The smallest absolute Gasteiger partial charge is 0.122 e. The van der Waals surface area contributed by atoms with Crippen molar-refractivity contribution >= 4 is 24.0 Å². The van der Waals surface area contributed by atoms with Crippen molar-refractivity contribution in [2.75, 3.05) is 6.61 Å². The molecule has 0 aliphatic rings. The van der Waals surface area contributed by atoms with Crippen LogP contribution in [-0.4, -0.2) is 12.6 Å². The van der Waals surface area contributed by atoms with Gasteiger partial charge in [-0.25, -0.2) is 0 Å². The first-order valence-corrected chi connectivity index (χ1v) is 6.09. The third kappa shape index (κ3) is 5.15. The van der Waals surface area contributed by atoms with E-state index in [9.17, 15) is 0 Å². The lowest BCUT2D eigenvalue weighted by molar-refractivity contribution is 0.313. The van der Waals surface area contributed by atoms with Crippen LogP contribution in [0.4, 0.5) is 0 Å². The lowest BCUT2D eigenvalue weighted by Crippen LogP contribution is -2.18. The van der Waals surface area contributed by atoms with Gasteiger partial charge in [0, 0.05) is 11.1 Å². The molecule has 98 valence electrons. The Labute approximate surface area is 115 Å². The van der Waals surface area contributed by atoms with Crippen LogP contribution in [-0.2, 0) is 6.42 Å². The minimum atomic E-state index is 0. The lowest BCUT2D eigenvalue weighted by Gasteiger charge is -2.14. The molecule has 1 unspecified atom stereocenters. The summed E-state index contributed by atoms with van der Waals surface area (Å²) in [4.78, 5) is 0. The van der Waals surface area contributed by atoms with E-state index in [1.807, 2.05) is 26.0 Å². The Balaban J connectivity index is 0.00000256. The van der Waals surface area contributed by atoms with Gasteiger partial charge in [0.05, 0.1) is 6.61 Å². The van der Waals surface area contributed by atoms with Crippen LogP contribution in [0.25, 0.3) is 0 Å². The fourth-order valence-corrected chi connectivity index (χ4v) is 1.74. The van der Waals surface area contributed by atoms with E-state index in [1.165, 1.54) is 0 Å². The number of benzene rings is 1. The van der Waals surface area contributed by atoms with Gasteiger partial charge in [0.15, 0.2) is 0 Å². The van der Waals surface area contributed by atoms with E-state index in [1.54, 1.807) is 0 Å². The summed E-state index contributed by atoms with van der Waals surface area (Å²) >= 11 is 6.11. The Morgan fingerprint density at radius 1 is 1.41 bits per heavy atom. The molecule has 0 saturated heterocycles. The number of nitrogens with two attached hydrogens (primary N) is 1. The SMILES string of the molecule is CCCOc1cc(C)c(Cl)cc1CC(C)N.Cl. The molecule has 0 heterocycles. The molecule has 0 fully saturated rings. The molecule has 0 aliphatic carbocycles. The highest BCUT2D eigenvalue weighted by Gasteiger charge is 2.09. The number of halogens is 2. The number of rotatable bonds is 5. The molecule has 0 radical (unpaired) electrons. The first-order valence-electron chi connectivity index (χ1n) is 5.72. The highest BCUT2D eigenvalue weighted by Crippen LogP contribution is 2.27. The Kier molecular flexibility index (Phi) is 7.60. The van der Waals surface area contributed by atoms with Gasteiger partial charge in [-0.3, -0.25) is 0 Å². The predicted molar refractivity (Wildman–Crippen MR) is 76.6 cm³/mol. The molecule has 0 saturated carbocycles. The topological polar surface area (TPSA) is 35.2 Å². The molecule has 0 bridgehead atoms. The summed E-state index contributed by atoms with van der Waals surface area (Å²) in [5.41, 5.74) is 7.95. The van der Waals surface area contributed by atoms with Crippen LogP contribution in [0.5, 0.6) is 5.75 Å². The molecule has 2 nitrogen and oxygen atoms in total. The molecule has 1 aromatic rings. The second-order valence-corrected chi connectivity index (χ2v) is 4.65. The average Bonchev–Trinajstić information content (AvgIpc) is 2.20. The maximum Gasteiger partial charge on any atom is 0.122 e. The third-order valence-electron chi connectivity index (χ3n) is 2.35. The van der Waals surface area contributed by atoms with Gasteiger partial charge in [-0.05, 0) is 49.9 Å². The number of aryl methyl sites for hydroxylation is 1. The zero-order chi connectivity index (χ0) is 12.1. The van der Waals surface area contributed by atoms with Crippen molar-refractivity contribution in [3.8, 4) is 5.75 Å². The molecule has 4 heteroatoms. The first-order chi connectivity index (χ1) is 7.54. The summed E-state index contributed by atoms with van der Waals surface area (Å²) in [6.45, 7) is 6.79. The Morgan fingerprint density at radius 2 is 2.06 bits per heavy atom. The summed E-state index contributed by atoms with van der Waals surface area (Å²) in [6, 6.07) is 4.07. The Morgan fingerprint density at radius 3 is 2.59 bits per heavy atom. The molecule has 17 heavy (non-hydrogen) atoms. The van der Waals surface area contributed by atoms with Crippen LogP contribution in [0.3, 0.4) is 0 Å². The summed E-state index contributed by atoms with van der Waals surface area (Å²) in [6.07, 6.45) is 1.79. The van der Waals surface area contributed by atoms with Crippen LogP contribution < -0.4 is 10.5 Å². The summed E-state index contributed by atoms with van der Waals surface area (Å²) in [5.74, 6) is 0.918. The van der Waals surface area contributed by atoms with Crippen LogP contribution >= 0.6 is 24.0 Å². The third-order valence-corrected chi connectivity index (χ3v) is 2.75. The molecule has 1 aromatic carbocycles. The van der Waals surface area contributed by atoms with Gasteiger partial charge in [-0.15, -0.1) is 12.4 Å². The van der Waals surface area contributed by atoms with Crippen LogP contribution in [0, 0.1) is 6.92 Å². The van der Waals surface area contributed by atoms with E-state index in [2.05, 4.69) is 6.92 Å². The number of ether oxygens (including phenoxy) is 1. The molecule has 2 N–H and O–H groups in total. The quantitative estimate of drug-likeness (QED) is 0.890. The van der Waals surface area contributed by atoms with Crippen molar-refractivity contribution in [2.24, 2.45) is 5.73 Å². The van der Waals surface area contributed by atoms with Crippen molar-refractivity contribution < 1.29 is 4.74 Å². The van der Waals surface area contributed by atoms with Gasteiger partial charge in [0.2, 0.25) is 0 Å². The maximum atomic E-state index is 6.11. The number of hydrogen-bond acceptors (Lipinski definition) is 2. The minimum absolute atomic E-state index is 0. The second-order valence-electron chi connectivity index (χ2n) is 4.24. The molecule has 0 amide bonds. The number of hydrogen-bond donors (Lipinski definition) is 1. The Bertz CT molecular complexity index is 354. The fraction of sp³-hybridized carbons (Fsp3) is 0.538. The fourth-order valence-electron chi connectivity index (χ4n) is 1.55. The highest BCUT2D eigenvalue weighted by molar-refractivity contribution is 6.31. The van der Waals surface area contributed by atoms with Crippen LogP contribution in [0.15, 0.2) is 12.1 Å². The molecule has 0 spiro atoms.